The van der Waals surface area contributed by atoms with E-state index in [9.17, 15) is 8.42 Å². The molecule has 2 nitrogen and oxygen atoms in total. The lowest BCUT2D eigenvalue weighted by atomic mass is 10.0. The molecular weight excluding hydrogens is 360 g/mol. The van der Waals surface area contributed by atoms with Crippen LogP contribution >= 0.6 is 15.9 Å². The summed E-state index contributed by atoms with van der Waals surface area (Å²) in [6, 6.07) is 20.8. The number of halogens is 1. The molecule has 0 atom stereocenters. The van der Waals surface area contributed by atoms with Gasteiger partial charge in [0.25, 0.3) is 0 Å². The second-order valence-electron chi connectivity index (χ2n) is 5.22. The van der Waals surface area contributed by atoms with Crippen LogP contribution in [0.3, 0.4) is 0 Å². The fraction of sp³-hybridized carbons (Fsp3) is 0. The number of benzene rings is 3. The van der Waals surface area contributed by atoms with Crippen LogP contribution in [0.25, 0.3) is 22.3 Å². The molecule has 3 aromatic rings. The van der Waals surface area contributed by atoms with Crippen molar-refractivity contribution in [3.63, 3.8) is 0 Å². The quantitative estimate of drug-likeness (QED) is 0.476. The van der Waals surface area contributed by atoms with Crippen molar-refractivity contribution in [1.82, 2.24) is 0 Å². The van der Waals surface area contributed by atoms with E-state index in [2.05, 4.69) is 15.9 Å². The van der Waals surface area contributed by atoms with Gasteiger partial charge < -0.3 is 0 Å². The van der Waals surface area contributed by atoms with Gasteiger partial charge in [0.05, 0.1) is 9.79 Å². The predicted molar refractivity (Wildman–Crippen MR) is 90.5 cm³/mol. The molecule has 0 saturated carbocycles. The van der Waals surface area contributed by atoms with Gasteiger partial charge in [-0.3, -0.25) is 0 Å². The minimum atomic E-state index is -3.45. The van der Waals surface area contributed by atoms with Gasteiger partial charge in [-0.15, -0.1) is 0 Å². The maximum atomic E-state index is 12.8. The lowest BCUT2D eigenvalue weighted by Crippen LogP contribution is -1.97. The summed E-state index contributed by atoms with van der Waals surface area (Å²) in [5, 5.41) is 0. The minimum absolute atomic E-state index is 0.377. The van der Waals surface area contributed by atoms with Gasteiger partial charge in [-0.2, -0.15) is 0 Å². The van der Waals surface area contributed by atoms with E-state index in [0.29, 0.717) is 9.79 Å². The van der Waals surface area contributed by atoms with Crippen LogP contribution in [0.15, 0.2) is 81.0 Å². The molecule has 0 bridgehead atoms. The Hall–Kier alpha value is -1.91. The third kappa shape index (κ3) is 1.95. The Kier molecular flexibility index (Phi) is 2.99. The average Bonchev–Trinajstić information content (AvgIpc) is 2.76. The summed E-state index contributed by atoms with van der Waals surface area (Å²) in [6.45, 7) is 0. The van der Waals surface area contributed by atoms with Crippen LogP contribution in [-0.4, -0.2) is 8.42 Å². The van der Waals surface area contributed by atoms with Crippen LogP contribution in [0, 0.1) is 0 Å². The van der Waals surface area contributed by atoms with Crippen molar-refractivity contribution in [2.75, 3.05) is 0 Å². The Morgan fingerprint density at radius 3 is 2.05 bits per heavy atom. The molecular formula is C18H11BrO2S. The van der Waals surface area contributed by atoms with E-state index >= 15 is 0 Å². The summed E-state index contributed by atoms with van der Waals surface area (Å²) >= 11 is 3.35. The maximum absolute atomic E-state index is 12.8. The molecule has 4 rings (SSSR count). The molecule has 0 aromatic heterocycles. The first kappa shape index (κ1) is 13.7. The fourth-order valence-corrected chi connectivity index (χ4v) is 5.09. The Morgan fingerprint density at radius 2 is 1.32 bits per heavy atom. The van der Waals surface area contributed by atoms with Crippen LogP contribution < -0.4 is 0 Å². The molecule has 0 N–H and O–H groups in total. The first-order valence-corrected chi connectivity index (χ1v) is 9.09. The largest absolute Gasteiger partial charge is 0.218 e. The van der Waals surface area contributed by atoms with Crippen molar-refractivity contribution < 1.29 is 8.42 Å². The van der Waals surface area contributed by atoms with E-state index in [1.54, 1.807) is 12.1 Å². The number of sulfone groups is 1. The van der Waals surface area contributed by atoms with E-state index in [0.717, 1.165) is 26.7 Å². The lowest BCUT2D eigenvalue weighted by molar-refractivity contribution is 0.598. The molecule has 0 fully saturated rings. The molecule has 22 heavy (non-hydrogen) atoms. The summed E-state index contributed by atoms with van der Waals surface area (Å²) in [4.78, 5) is 0.768. The van der Waals surface area contributed by atoms with E-state index < -0.39 is 9.84 Å². The predicted octanol–water partition coefficient (Wildman–Crippen LogP) is 4.93. The second-order valence-corrected chi connectivity index (χ2v) is 8.02. The summed E-state index contributed by atoms with van der Waals surface area (Å²) in [7, 11) is -3.45. The van der Waals surface area contributed by atoms with Crippen molar-refractivity contribution in [1.29, 1.82) is 0 Å². The Labute approximate surface area is 137 Å². The van der Waals surface area contributed by atoms with Gasteiger partial charge in [0.15, 0.2) is 0 Å². The molecule has 108 valence electrons. The second kappa shape index (κ2) is 4.80. The molecule has 1 aliphatic heterocycles. The van der Waals surface area contributed by atoms with Crippen molar-refractivity contribution >= 4 is 25.8 Å². The summed E-state index contributed by atoms with van der Waals surface area (Å²) in [5.41, 5.74) is 3.48. The van der Waals surface area contributed by atoms with E-state index in [1.807, 2.05) is 54.6 Å². The van der Waals surface area contributed by atoms with E-state index in [-0.39, 0.29) is 0 Å². The van der Waals surface area contributed by atoms with E-state index in [1.165, 1.54) is 0 Å². The molecule has 4 heteroatoms. The molecule has 0 unspecified atom stereocenters. The summed E-state index contributed by atoms with van der Waals surface area (Å²) in [6.07, 6.45) is 0. The number of rotatable bonds is 1. The van der Waals surface area contributed by atoms with Crippen molar-refractivity contribution in [2.24, 2.45) is 0 Å². The minimum Gasteiger partial charge on any atom is -0.218 e. The van der Waals surface area contributed by atoms with Gasteiger partial charge in [-0.05, 0) is 29.3 Å². The maximum Gasteiger partial charge on any atom is 0.207 e. The van der Waals surface area contributed by atoms with Gasteiger partial charge in [-0.25, -0.2) is 8.42 Å². The Bertz CT molecular complexity index is 993. The zero-order valence-corrected chi connectivity index (χ0v) is 13.9. The van der Waals surface area contributed by atoms with Gasteiger partial charge in [0.1, 0.15) is 0 Å². The first-order chi connectivity index (χ1) is 10.6. The SMILES string of the molecule is O=S1(=O)c2cc(Br)ccc2-c2ccc(-c3ccccc3)cc21. The van der Waals surface area contributed by atoms with Gasteiger partial charge in [0.2, 0.25) is 9.84 Å². The first-order valence-electron chi connectivity index (χ1n) is 6.82. The van der Waals surface area contributed by atoms with Crippen LogP contribution in [0.5, 0.6) is 0 Å². The van der Waals surface area contributed by atoms with E-state index in [4.69, 9.17) is 0 Å². The van der Waals surface area contributed by atoms with Crippen LogP contribution in [-0.2, 0) is 9.84 Å². The monoisotopic (exact) mass is 370 g/mol. The number of hydrogen-bond acceptors (Lipinski definition) is 2. The average molecular weight is 371 g/mol. The highest BCUT2D eigenvalue weighted by Gasteiger charge is 2.33. The zero-order valence-electron chi connectivity index (χ0n) is 11.5. The van der Waals surface area contributed by atoms with Gasteiger partial charge in [-0.1, -0.05) is 64.5 Å². The molecule has 0 saturated heterocycles. The third-order valence-corrected chi connectivity index (χ3v) is 6.23. The molecule has 0 spiro atoms. The standard InChI is InChI=1S/C18H11BrO2S/c19-14-7-9-16-15-8-6-13(12-4-2-1-3-5-12)10-17(15)22(20,21)18(16)11-14/h1-11H. The van der Waals surface area contributed by atoms with Crippen molar-refractivity contribution in [2.45, 2.75) is 9.79 Å². The Balaban J connectivity index is 1.98. The van der Waals surface area contributed by atoms with Crippen LogP contribution in [0.4, 0.5) is 0 Å². The van der Waals surface area contributed by atoms with Gasteiger partial charge in [0, 0.05) is 15.6 Å². The van der Waals surface area contributed by atoms with Gasteiger partial charge >= 0.3 is 0 Å². The molecule has 1 heterocycles. The highest BCUT2D eigenvalue weighted by molar-refractivity contribution is 9.10. The molecule has 0 amide bonds. The highest BCUT2D eigenvalue weighted by atomic mass is 79.9. The molecule has 1 aliphatic rings. The fourth-order valence-electron chi connectivity index (χ4n) is 2.84. The highest BCUT2D eigenvalue weighted by Crippen LogP contribution is 2.45. The van der Waals surface area contributed by atoms with Crippen molar-refractivity contribution in [3.8, 4) is 22.3 Å². The number of hydrogen-bond donors (Lipinski definition) is 0. The van der Waals surface area contributed by atoms with Crippen LogP contribution in [0.2, 0.25) is 0 Å². The molecule has 0 radical (unpaired) electrons. The third-order valence-electron chi connectivity index (χ3n) is 3.90. The topological polar surface area (TPSA) is 34.1 Å². The molecule has 3 aromatic carbocycles. The lowest BCUT2D eigenvalue weighted by Gasteiger charge is -2.05. The normalized spacial score (nSPS) is 14.4. The molecule has 0 aliphatic carbocycles. The van der Waals surface area contributed by atoms with Crippen molar-refractivity contribution in [3.05, 3.63) is 71.2 Å². The summed E-state index contributed by atoms with van der Waals surface area (Å²) in [5.74, 6) is 0. The number of fused-ring (bicyclic) bond motifs is 3. The summed E-state index contributed by atoms with van der Waals surface area (Å²) < 4.78 is 26.4. The van der Waals surface area contributed by atoms with Crippen LogP contribution in [0.1, 0.15) is 0 Å². The zero-order chi connectivity index (χ0) is 15.3. The smallest absolute Gasteiger partial charge is 0.207 e. The Morgan fingerprint density at radius 1 is 0.682 bits per heavy atom.